The highest BCUT2D eigenvalue weighted by molar-refractivity contribution is 5.87. The standard InChI is InChI=1S/C16H24N6O5/c1-11(15(24)27-10-12-6-3-2-4-7-12)20-14(23)13(17)8-5-9-19-16(18)21-22(25)26/h2-4,6-7,11,13H,5,8-10,17H2,1H3,(H,20,23)(H3,18,19,21)/t11-,13-/m0/s1. The third kappa shape index (κ3) is 9.16. The Balaban J connectivity index is 2.30. The van der Waals surface area contributed by atoms with Gasteiger partial charge in [-0.15, -0.1) is 0 Å². The molecule has 0 aliphatic rings. The minimum absolute atomic E-state index is 0.115. The first-order valence-electron chi connectivity index (χ1n) is 8.27. The predicted octanol–water partition coefficient (Wildman–Crippen LogP) is -0.562. The molecule has 1 aromatic rings. The van der Waals surface area contributed by atoms with Crippen LogP contribution in [0, 0.1) is 10.1 Å². The van der Waals surface area contributed by atoms with E-state index in [1.54, 1.807) is 5.43 Å². The van der Waals surface area contributed by atoms with Crippen molar-refractivity contribution in [1.29, 1.82) is 0 Å². The lowest BCUT2D eigenvalue weighted by Gasteiger charge is -2.16. The zero-order chi connectivity index (χ0) is 20.2. The maximum atomic E-state index is 12.0. The second kappa shape index (κ2) is 11.4. The zero-order valence-electron chi connectivity index (χ0n) is 15.0. The number of rotatable bonds is 10. The summed E-state index contributed by atoms with van der Waals surface area (Å²) in [6, 6.07) is 7.47. The molecular weight excluding hydrogens is 356 g/mol. The summed E-state index contributed by atoms with van der Waals surface area (Å²) in [5.74, 6) is -1.39. The highest BCUT2D eigenvalue weighted by Crippen LogP contribution is 2.02. The van der Waals surface area contributed by atoms with Gasteiger partial charge in [0.1, 0.15) is 12.6 Å². The summed E-state index contributed by atoms with van der Waals surface area (Å²) in [5, 5.41) is 11.8. The van der Waals surface area contributed by atoms with E-state index in [9.17, 15) is 19.7 Å². The number of nitrogens with two attached hydrogens (primary N) is 2. The zero-order valence-corrected chi connectivity index (χ0v) is 15.0. The van der Waals surface area contributed by atoms with Gasteiger partial charge < -0.3 is 21.5 Å². The number of esters is 1. The molecule has 1 rings (SSSR count). The molecule has 0 radical (unpaired) electrons. The van der Waals surface area contributed by atoms with Gasteiger partial charge in [0.25, 0.3) is 5.96 Å². The molecule has 11 heteroatoms. The quantitative estimate of drug-likeness (QED) is 0.104. The van der Waals surface area contributed by atoms with Gasteiger partial charge in [-0.1, -0.05) is 35.8 Å². The number of aliphatic imine (C=N–C) groups is 1. The van der Waals surface area contributed by atoms with E-state index in [-0.39, 0.29) is 25.5 Å². The van der Waals surface area contributed by atoms with Crippen LogP contribution in [0.1, 0.15) is 25.3 Å². The molecule has 0 saturated carbocycles. The van der Waals surface area contributed by atoms with Crippen LogP contribution in [-0.4, -0.2) is 41.5 Å². The van der Waals surface area contributed by atoms with Crippen molar-refractivity contribution >= 4 is 17.8 Å². The van der Waals surface area contributed by atoms with Crippen molar-refractivity contribution in [1.82, 2.24) is 10.7 Å². The Morgan fingerprint density at radius 2 is 2.00 bits per heavy atom. The van der Waals surface area contributed by atoms with E-state index in [1.807, 2.05) is 30.3 Å². The molecule has 0 aliphatic carbocycles. The van der Waals surface area contributed by atoms with Gasteiger partial charge in [0.15, 0.2) is 5.03 Å². The summed E-state index contributed by atoms with van der Waals surface area (Å²) in [7, 11) is 0. The summed E-state index contributed by atoms with van der Waals surface area (Å²) < 4.78 is 5.14. The molecule has 148 valence electrons. The Morgan fingerprint density at radius 1 is 1.33 bits per heavy atom. The Kier molecular flexibility index (Phi) is 9.23. The van der Waals surface area contributed by atoms with E-state index in [4.69, 9.17) is 16.2 Å². The molecule has 2 atom stereocenters. The number of hydrogen-bond acceptors (Lipinski definition) is 7. The molecule has 11 nitrogen and oxygen atoms in total. The lowest BCUT2D eigenvalue weighted by Crippen LogP contribution is -2.47. The number of nitrogens with zero attached hydrogens (tertiary/aromatic N) is 2. The topological polar surface area (TPSA) is 175 Å². The monoisotopic (exact) mass is 380 g/mol. The number of hydrogen-bond donors (Lipinski definition) is 4. The number of carbonyl (C=O) groups is 2. The van der Waals surface area contributed by atoms with Crippen molar-refractivity contribution in [2.75, 3.05) is 6.54 Å². The van der Waals surface area contributed by atoms with E-state index in [0.717, 1.165) is 5.56 Å². The van der Waals surface area contributed by atoms with Crippen LogP contribution in [0.25, 0.3) is 0 Å². The largest absolute Gasteiger partial charge is 0.459 e. The summed E-state index contributed by atoms with van der Waals surface area (Å²) in [6.07, 6.45) is 0.661. The van der Waals surface area contributed by atoms with Crippen LogP contribution in [0.5, 0.6) is 0 Å². The van der Waals surface area contributed by atoms with E-state index >= 15 is 0 Å². The molecular formula is C16H24N6O5. The Bertz CT molecular complexity index is 667. The van der Waals surface area contributed by atoms with Crippen molar-refractivity contribution in [2.24, 2.45) is 16.5 Å². The molecule has 0 fully saturated rings. The lowest BCUT2D eigenvalue weighted by molar-refractivity contribution is -0.525. The fourth-order valence-corrected chi connectivity index (χ4v) is 2.00. The molecule has 27 heavy (non-hydrogen) atoms. The molecule has 1 amide bonds. The summed E-state index contributed by atoms with van der Waals surface area (Å²) in [5.41, 5.74) is 13.6. The maximum Gasteiger partial charge on any atom is 0.328 e. The summed E-state index contributed by atoms with van der Waals surface area (Å²) >= 11 is 0. The van der Waals surface area contributed by atoms with Crippen LogP contribution in [0.15, 0.2) is 35.3 Å². The first kappa shape index (κ1) is 21.8. The predicted molar refractivity (Wildman–Crippen MR) is 97.7 cm³/mol. The van der Waals surface area contributed by atoms with Gasteiger partial charge in [-0.25, -0.2) is 19.9 Å². The smallest absolute Gasteiger partial charge is 0.328 e. The number of nitro groups is 1. The number of benzene rings is 1. The molecule has 0 bridgehead atoms. The SMILES string of the molecule is C[C@H](NC(=O)[C@@H](N)CCCN=C(N)N[N+](=O)[O-])C(=O)OCc1ccccc1. The van der Waals surface area contributed by atoms with Crippen molar-refractivity contribution in [3.05, 3.63) is 46.0 Å². The molecule has 0 spiro atoms. The van der Waals surface area contributed by atoms with E-state index in [2.05, 4.69) is 10.3 Å². The molecule has 0 aromatic heterocycles. The minimum atomic E-state index is -0.853. The van der Waals surface area contributed by atoms with Gasteiger partial charge in [0.2, 0.25) is 5.91 Å². The summed E-state index contributed by atoms with van der Waals surface area (Å²) in [4.78, 5) is 37.8. The van der Waals surface area contributed by atoms with Crippen LogP contribution >= 0.6 is 0 Å². The first-order chi connectivity index (χ1) is 12.8. The van der Waals surface area contributed by atoms with Gasteiger partial charge in [-0.2, -0.15) is 0 Å². The Morgan fingerprint density at radius 3 is 2.63 bits per heavy atom. The average molecular weight is 380 g/mol. The second-order valence-electron chi connectivity index (χ2n) is 5.71. The number of ether oxygens (including phenoxy) is 1. The average Bonchev–Trinajstić information content (AvgIpc) is 2.63. The maximum absolute atomic E-state index is 12.0. The highest BCUT2D eigenvalue weighted by Gasteiger charge is 2.20. The third-order valence-corrected chi connectivity index (χ3v) is 3.43. The number of carbonyl (C=O) groups excluding carboxylic acids is 2. The molecule has 0 saturated heterocycles. The Labute approximate surface area is 156 Å². The van der Waals surface area contributed by atoms with Gasteiger partial charge in [0, 0.05) is 6.54 Å². The third-order valence-electron chi connectivity index (χ3n) is 3.43. The number of hydrazine groups is 1. The lowest BCUT2D eigenvalue weighted by atomic mass is 10.1. The van der Waals surface area contributed by atoms with Gasteiger partial charge in [-0.3, -0.25) is 4.79 Å². The van der Waals surface area contributed by atoms with Gasteiger partial charge in [0.05, 0.1) is 6.04 Å². The van der Waals surface area contributed by atoms with Gasteiger partial charge >= 0.3 is 5.97 Å². The number of nitrogens with one attached hydrogen (secondary N) is 2. The van der Waals surface area contributed by atoms with Crippen molar-refractivity contribution in [3.63, 3.8) is 0 Å². The number of guanidine groups is 1. The van der Waals surface area contributed by atoms with E-state index in [0.29, 0.717) is 6.42 Å². The van der Waals surface area contributed by atoms with Crippen LogP contribution in [0.3, 0.4) is 0 Å². The molecule has 1 aromatic carbocycles. The Hall–Kier alpha value is -3.21. The molecule has 6 N–H and O–H groups in total. The fourth-order valence-electron chi connectivity index (χ4n) is 2.00. The van der Waals surface area contributed by atoms with E-state index < -0.39 is 29.0 Å². The molecule has 0 heterocycles. The fraction of sp³-hybridized carbons (Fsp3) is 0.438. The van der Waals surface area contributed by atoms with Crippen molar-refractivity contribution in [3.8, 4) is 0 Å². The van der Waals surface area contributed by atoms with Gasteiger partial charge in [-0.05, 0) is 25.3 Å². The van der Waals surface area contributed by atoms with Crippen molar-refractivity contribution < 1.29 is 19.4 Å². The second-order valence-corrected chi connectivity index (χ2v) is 5.71. The van der Waals surface area contributed by atoms with Crippen molar-refractivity contribution in [2.45, 2.75) is 38.5 Å². The van der Waals surface area contributed by atoms with Crippen LogP contribution in [-0.2, 0) is 20.9 Å². The molecule has 0 aliphatic heterocycles. The van der Waals surface area contributed by atoms with Crippen LogP contribution < -0.4 is 22.2 Å². The number of amides is 1. The van der Waals surface area contributed by atoms with Crippen LogP contribution in [0.2, 0.25) is 0 Å². The minimum Gasteiger partial charge on any atom is -0.459 e. The first-order valence-corrected chi connectivity index (χ1v) is 8.27. The van der Waals surface area contributed by atoms with E-state index in [1.165, 1.54) is 6.92 Å². The normalized spacial score (nSPS) is 13.3. The summed E-state index contributed by atoms with van der Waals surface area (Å²) in [6.45, 7) is 1.79. The molecule has 0 unspecified atom stereocenters. The van der Waals surface area contributed by atoms with Crippen LogP contribution in [0.4, 0.5) is 0 Å². The highest BCUT2D eigenvalue weighted by atomic mass is 16.7.